The van der Waals surface area contributed by atoms with Crippen LogP contribution in [0.5, 0.6) is 11.5 Å². The molecular weight excluding hydrogens is 612 g/mol. The number of nitrogens with zero attached hydrogens (tertiary/aromatic N) is 3. The molecule has 0 aliphatic carbocycles. The molecule has 1 fully saturated rings. The van der Waals surface area contributed by atoms with E-state index in [4.69, 9.17) is 32.7 Å². The number of hydrogen-bond acceptors (Lipinski definition) is 9. The molecule has 1 N–H and O–H groups in total. The molecule has 41 heavy (non-hydrogen) atoms. The Morgan fingerprint density at radius 2 is 1.83 bits per heavy atom. The Balaban J connectivity index is 1.39. The van der Waals surface area contributed by atoms with Gasteiger partial charge in [-0.05, 0) is 42.0 Å². The molecule has 0 spiro atoms. The number of aromatic nitrogens is 2. The van der Waals surface area contributed by atoms with Gasteiger partial charge in [0.15, 0.2) is 15.8 Å². The number of carbonyl (C=O) groups excluding carboxylic acids is 2. The summed E-state index contributed by atoms with van der Waals surface area (Å²) in [6.07, 6.45) is 0. The highest BCUT2D eigenvalue weighted by atomic mass is 35.5. The van der Waals surface area contributed by atoms with E-state index in [-0.39, 0.29) is 21.8 Å². The molecule has 2 aliphatic rings. The van der Waals surface area contributed by atoms with Gasteiger partial charge in [0, 0.05) is 26.9 Å². The molecular formula is C28H18Cl2FN3O5S2. The van der Waals surface area contributed by atoms with Crippen LogP contribution in [0.15, 0.2) is 70.6 Å². The average Bonchev–Trinajstić information content (AvgIpc) is 3.54. The van der Waals surface area contributed by atoms with Crippen LogP contribution in [0.2, 0.25) is 10.0 Å². The predicted octanol–water partition coefficient (Wildman–Crippen LogP) is 6.67. The largest absolute Gasteiger partial charge is 0.507 e. The van der Waals surface area contributed by atoms with Gasteiger partial charge in [0.05, 0.1) is 5.57 Å². The molecule has 0 bridgehead atoms. The number of Topliss-reactive ketones (excluding diaryl/α,β-unsaturated/α-hetero) is 1. The average molecular weight is 631 g/mol. The van der Waals surface area contributed by atoms with Crippen LogP contribution in [0, 0.1) is 5.82 Å². The second-order valence-electron chi connectivity index (χ2n) is 8.92. The van der Waals surface area contributed by atoms with Crippen molar-refractivity contribution in [2.45, 2.75) is 16.1 Å². The number of carbonyl (C=O) groups is 2. The first-order valence-electron chi connectivity index (χ1n) is 12.2. The lowest BCUT2D eigenvalue weighted by Gasteiger charge is -2.23. The van der Waals surface area contributed by atoms with Crippen LogP contribution in [0.1, 0.15) is 22.7 Å². The molecule has 1 atom stereocenters. The Hall–Kier alpha value is -3.64. The number of rotatable bonds is 6. The third-order valence-corrected chi connectivity index (χ3v) is 9.12. The van der Waals surface area contributed by atoms with Crippen molar-refractivity contribution in [3.63, 3.8) is 0 Å². The highest BCUT2D eigenvalue weighted by Gasteiger charge is 2.49. The fourth-order valence-corrected chi connectivity index (χ4v) is 6.93. The van der Waals surface area contributed by atoms with Crippen molar-refractivity contribution in [3.05, 3.63) is 98.8 Å². The summed E-state index contributed by atoms with van der Waals surface area (Å²) in [5.41, 5.74) is 0.767. The van der Waals surface area contributed by atoms with Crippen LogP contribution in [-0.4, -0.2) is 40.2 Å². The van der Waals surface area contributed by atoms with Crippen LogP contribution in [0.3, 0.4) is 0 Å². The van der Waals surface area contributed by atoms with Gasteiger partial charge in [0.25, 0.3) is 5.78 Å². The number of thioether (sulfide) groups is 1. The van der Waals surface area contributed by atoms with E-state index in [1.807, 2.05) is 0 Å². The summed E-state index contributed by atoms with van der Waals surface area (Å²) in [6, 6.07) is 14.3. The monoisotopic (exact) mass is 629 g/mol. The smallest absolute Gasteiger partial charge is 0.301 e. The summed E-state index contributed by atoms with van der Waals surface area (Å²) < 4.78 is 26.8. The molecule has 13 heteroatoms. The number of ketones is 1. The molecule has 8 nitrogen and oxygen atoms in total. The lowest BCUT2D eigenvalue weighted by molar-refractivity contribution is -0.132. The molecule has 6 rings (SSSR count). The minimum Gasteiger partial charge on any atom is -0.507 e. The number of amides is 1. The van der Waals surface area contributed by atoms with Gasteiger partial charge in [-0.15, -0.1) is 10.2 Å². The van der Waals surface area contributed by atoms with Gasteiger partial charge in [0.1, 0.15) is 30.8 Å². The molecule has 1 unspecified atom stereocenters. The van der Waals surface area contributed by atoms with Gasteiger partial charge in [-0.2, -0.15) is 0 Å². The zero-order valence-electron chi connectivity index (χ0n) is 20.8. The third-order valence-electron chi connectivity index (χ3n) is 6.43. The van der Waals surface area contributed by atoms with Gasteiger partial charge in [-0.1, -0.05) is 70.6 Å². The van der Waals surface area contributed by atoms with Crippen LogP contribution in [-0.2, 0) is 15.3 Å². The minimum atomic E-state index is -1.29. The molecule has 4 aromatic rings. The quantitative estimate of drug-likeness (QED) is 0.0829. The van der Waals surface area contributed by atoms with Crippen molar-refractivity contribution in [1.82, 2.24) is 10.2 Å². The Kier molecular flexibility index (Phi) is 7.60. The Morgan fingerprint density at radius 3 is 2.61 bits per heavy atom. The Labute approximate surface area is 251 Å². The molecule has 3 heterocycles. The number of benzene rings is 3. The van der Waals surface area contributed by atoms with Crippen LogP contribution in [0.25, 0.3) is 5.76 Å². The standard InChI is InChI=1S/C28H18Cl2FN3O5S2/c29-16-7-5-15(18(30)12-16)13-40-28-33-32-27(41-28)34-23(17-3-1-2-4-19(17)31)22(25(36)26(34)37)24(35)14-6-8-20-21(11-14)39-10-9-38-20/h1-8,11-12,23,35H,9-10,13H2/b24-22+. The van der Waals surface area contributed by atoms with E-state index in [0.717, 1.165) is 21.8 Å². The van der Waals surface area contributed by atoms with E-state index in [1.54, 1.807) is 30.3 Å². The Bertz CT molecular complexity index is 1730. The van der Waals surface area contributed by atoms with Crippen molar-refractivity contribution in [2.75, 3.05) is 18.1 Å². The molecule has 0 radical (unpaired) electrons. The minimum absolute atomic E-state index is 0.0168. The fraction of sp³-hybridized carbons (Fsp3) is 0.143. The number of ether oxygens (including phenoxy) is 2. The number of aliphatic hydroxyl groups is 1. The van der Waals surface area contributed by atoms with Crippen LogP contribution >= 0.6 is 46.3 Å². The second kappa shape index (κ2) is 11.3. The SMILES string of the molecule is O=C1C(=O)N(c2nnc(SCc3ccc(Cl)cc3Cl)s2)C(c2ccccc2F)/C1=C(\O)c1ccc2c(c1)OCCO2. The van der Waals surface area contributed by atoms with E-state index in [2.05, 4.69) is 10.2 Å². The Morgan fingerprint density at radius 1 is 1.05 bits per heavy atom. The first-order chi connectivity index (χ1) is 19.8. The van der Waals surface area contributed by atoms with E-state index in [0.29, 0.717) is 44.9 Å². The second-order valence-corrected chi connectivity index (χ2v) is 11.9. The van der Waals surface area contributed by atoms with Gasteiger partial charge >= 0.3 is 5.91 Å². The van der Waals surface area contributed by atoms with Crippen LogP contribution < -0.4 is 14.4 Å². The summed E-state index contributed by atoms with van der Waals surface area (Å²) in [5, 5.41) is 20.8. The first-order valence-corrected chi connectivity index (χ1v) is 14.7. The van der Waals surface area contributed by atoms with Crippen molar-refractivity contribution >= 4 is 68.9 Å². The van der Waals surface area contributed by atoms with E-state index < -0.39 is 29.3 Å². The zero-order chi connectivity index (χ0) is 28.7. The molecule has 1 saturated heterocycles. The van der Waals surface area contributed by atoms with Crippen molar-refractivity contribution in [2.24, 2.45) is 0 Å². The van der Waals surface area contributed by atoms with Crippen LogP contribution in [0.4, 0.5) is 9.52 Å². The van der Waals surface area contributed by atoms with E-state index in [1.165, 1.54) is 42.1 Å². The normalized spacial score (nSPS) is 17.7. The highest BCUT2D eigenvalue weighted by molar-refractivity contribution is 8.00. The van der Waals surface area contributed by atoms with E-state index >= 15 is 4.39 Å². The van der Waals surface area contributed by atoms with Crippen molar-refractivity contribution in [1.29, 1.82) is 0 Å². The number of aliphatic hydroxyl groups excluding tert-OH is 1. The highest BCUT2D eigenvalue weighted by Crippen LogP contribution is 2.45. The van der Waals surface area contributed by atoms with Crippen molar-refractivity contribution in [3.8, 4) is 11.5 Å². The fourth-order valence-electron chi connectivity index (χ4n) is 4.50. The maximum absolute atomic E-state index is 15.2. The third kappa shape index (κ3) is 5.26. The first kappa shape index (κ1) is 27.5. The lowest BCUT2D eigenvalue weighted by Crippen LogP contribution is -2.29. The molecule has 208 valence electrons. The topological polar surface area (TPSA) is 102 Å². The van der Waals surface area contributed by atoms with Gasteiger partial charge in [-0.3, -0.25) is 14.5 Å². The zero-order valence-corrected chi connectivity index (χ0v) is 24.0. The van der Waals surface area contributed by atoms with E-state index in [9.17, 15) is 14.7 Å². The lowest BCUT2D eigenvalue weighted by atomic mass is 9.95. The number of anilines is 1. The predicted molar refractivity (Wildman–Crippen MR) is 155 cm³/mol. The maximum atomic E-state index is 15.2. The number of fused-ring (bicyclic) bond motifs is 1. The number of hydrogen-bond donors (Lipinski definition) is 1. The summed E-state index contributed by atoms with van der Waals surface area (Å²) in [4.78, 5) is 27.9. The summed E-state index contributed by atoms with van der Waals surface area (Å²) in [7, 11) is 0. The summed E-state index contributed by atoms with van der Waals surface area (Å²) in [5.74, 6) is -1.78. The maximum Gasteiger partial charge on any atom is 0.301 e. The molecule has 0 saturated carbocycles. The molecule has 3 aromatic carbocycles. The number of halogens is 3. The van der Waals surface area contributed by atoms with Gasteiger partial charge in [0.2, 0.25) is 5.13 Å². The summed E-state index contributed by atoms with van der Waals surface area (Å²) in [6.45, 7) is 0.698. The van der Waals surface area contributed by atoms with Crippen molar-refractivity contribution < 1.29 is 28.6 Å². The molecule has 1 amide bonds. The van der Waals surface area contributed by atoms with Gasteiger partial charge < -0.3 is 14.6 Å². The summed E-state index contributed by atoms with van der Waals surface area (Å²) >= 11 is 14.6. The molecule has 1 aromatic heterocycles. The van der Waals surface area contributed by atoms with Gasteiger partial charge in [-0.25, -0.2) is 4.39 Å². The molecule has 2 aliphatic heterocycles.